The van der Waals surface area contributed by atoms with Gasteiger partial charge in [0, 0.05) is 29.6 Å². The lowest BCUT2D eigenvalue weighted by molar-refractivity contribution is 0.180. The van der Waals surface area contributed by atoms with Gasteiger partial charge in [-0.15, -0.1) is 0 Å². The van der Waals surface area contributed by atoms with Crippen molar-refractivity contribution in [1.82, 2.24) is 10.2 Å². The second-order valence-electron chi connectivity index (χ2n) is 5.05. The van der Waals surface area contributed by atoms with Gasteiger partial charge in [-0.3, -0.25) is 4.90 Å². The van der Waals surface area contributed by atoms with Crippen LogP contribution < -0.4 is 5.32 Å². The monoisotopic (exact) mass is 228 g/mol. The van der Waals surface area contributed by atoms with Crippen LogP contribution in [0.5, 0.6) is 0 Å². The molecule has 2 heterocycles. The molecule has 2 saturated heterocycles. The summed E-state index contributed by atoms with van der Waals surface area (Å²) in [5, 5.41) is 5.15. The number of nitrogens with one attached hydrogen (secondary N) is 1. The van der Waals surface area contributed by atoms with Gasteiger partial charge in [0.05, 0.1) is 0 Å². The van der Waals surface area contributed by atoms with Crippen LogP contribution in [0.4, 0.5) is 0 Å². The maximum Gasteiger partial charge on any atom is 0.0149 e. The van der Waals surface area contributed by atoms with Crippen molar-refractivity contribution in [2.24, 2.45) is 0 Å². The van der Waals surface area contributed by atoms with Crippen LogP contribution in [0.15, 0.2) is 0 Å². The highest BCUT2D eigenvalue weighted by Gasteiger charge is 2.27. The second kappa shape index (κ2) is 5.55. The fraction of sp³-hybridized carbons (Fsp3) is 1.00. The Bertz CT molecular complexity index is 180. The first kappa shape index (κ1) is 11.7. The van der Waals surface area contributed by atoms with Gasteiger partial charge in [-0.25, -0.2) is 0 Å². The van der Waals surface area contributed by atoms with E-state index in [0.717, 1.165) is 16.5 Å². The van der Waals surface area contributed by atoms with Gasteiger partial charge < -0.3 is 5.32 Å². The van der Waals surface area contributed by atoms with E-state index in [-0.39, 0.29) is 0 Å². The first-order valence-corrected chi connectivity index (χ1v) is 7.30. The van der Waals surface area contributed by atoms with E-state index in [4.69, 9.17) is 0 Å². The van der Waals surface area contributed by atoms with Gasteiger partial charge in [-0.2, -0.15) is 11.8 Å². The topological polar surface area (TPSA) is 15.3 Å². The minimum absolute atomic E-state index is 0.824. The van der Waals surface area contributed by atoms with Crippen molar-refractivity contribution in [2.75, 3.05) is 26.2 Å². The van der Waals surface area contributed by atoms with E-state index < -0.39 is 0 Å². The Balaban J connectivity index is 1.89. The number of thioether (sulfide) groups is 1. The molecule has 2 fully saturated rings. The minimum Gasteiger partial charge on any atom is -0.317 e. The molecule has 1 N–H and O–H groups in total. The SMILES string of the molecule is CC1CN(C2CCCNCC2)CC(C)S1. The molecule has 0 spiro atoms. The van der Waals surface area contributed by atoms with E-state index in [0.29, 0.717) is 0 Å². The van der Waals surface area contributed by atoms with Crippen LogP contribution in [0.25, 0.3) is 0 Å². The van der Waals surface area contributed by atoms with Crippen molar-refractivity contribution in [3.8, 4) is 0 Å². The van der Waals surface area contributed by atoms with Crippen molar-refractivity contribution >= 4 is 11.8 Å². The normalized spacial score (nSPS) is 40.0. The lowest BCUT2D eigenvalue weighted by Crippen LogP contribution is -2.46. The van der Waals surface area contributed by atoms with Gasteiger partial charge in [0.15, 0.2) is 0 Å². The van der Waals surface area contributed by atoms with Crippen LogP contribution in [0.1, 0.15) is 33.1 Å². The summed E-state index contributed by atoms with van der Waals surface area (Å²) in [6.07, 6.45) is 4.11. The standard InChI is InChI=1S/C12H24N2S/c1-10-8-14(9-11(2)15-10)12-4-3-6-13-7-5-12/h10-13H,3-9H2,1-2H3. The lowest BCUT2D eigenvalue weighted by atomic mass is 10.1. The highest BCUT2D eigenvalue weighted by molar-refractivity contribution is 8.00. The molecule has 3 unspecified atom stereocenters. The smallest absolute Gasteiger partial charge is 0.0149 e. The van der Waals surface area contributed by atoms with E-state index in [1.165, 1.54) is 45.4 Å². The molecule has 0 aromatic carbocycles. The summed E-state index contributed by atoms with van der Waals surface area (Å²) >= 11 is 2.16. The summed E-state index contributed by atoms with van der Waals surface area (Å²) in [5.41, 5.74) is 0. The Labute approximate surface area is 98.2 Å². The van der Waals surface area contributed by atoms with Gasteiger partial charge in [-0.1, -0.05) is 13.8 Å². The van der Waals surface area contributed by atoms with E-state index in [2.05, 4.69) is 35.8 Å². The van der Waals surface area contributed by atoms with E-state index in [1.54, 1.807) is 0 Å². The van der Waals surface area contributed by atoms with Gasteiger partial charge >= 0.3 is 0 Å². The van der Waals surface area contributed by atoms with Crippen LogP contribution in [0.3, 0.4) is 0 Å². The highest BCUT2D eigenvalue weighted by Crippen LogP contribution is 2.27. The van der Waals surface area contributed by atoms with Crippen LogP contribution in [-0.2, 0) is 0 Å². The van der Waals surface area contributed by atoms with Crippen molar-refractivity contribution < 1.29 is 0 Å². The first-order chi connectivity index (χ1) is 7.25. The largest absolute Gasteiger partial charge is 0.317 e. The molecule has 88 valence electrons. The van der Waals surface area contributed by atoms with Crippen molar-refractivity contribution in [3.05, 3.63) is 0 Å². The summed E-state index contributed by atoms with van der Waals surface area (Å²) in [6, 6.07) is 0.853. The number of hydrogen-bond donors (Lipinski definition) is 1. The van der Waals surface area contributed by atoms with E-state index in [9.17, 15) is 0 Å². The molecule has 0 aromatic heterocycles. The maximum atomic E-state index is 3.51. The number of hydrogen-bond acceptors (Lipinski definition) is 3. The zero-order chi connectivity index (χ0) is 10.7. The third-order valence-electron chi connectivity index (χ3n) is 3.51. The fourth-order valence-electron chi connectivity index (χ4n) is 2.88. The molecule has 0 saturated carbocycles. The van der Waals surface area contributed by atoms with Gasteiger partial charge in [0.1, 0.15) is 0 Å². The van der Waals surface area contributed by atoms with Gasteiger partial charge in [-0.05, 0) is 32.4 Å². The summed E-state index contributed by atoms with van der Waals surface area (Å²) < 4.78 is 0. The molecule has 0 aromatic rings. The minimum atomic E-state index is 0.824. The van der Waals surface area contributed by atoms with Crippen molar-refractivity contribution in [2.45, 2.75) is 49.7 Å². The summed E-state index contributed by atoms with van der Waals surface area (Å²) in [6.45, 7) is 9.81. The molecule has 2 rings (SSSR count). The molecule has 3 heteroatoms. The Kier molecular flexibility index (Phi) is 4.35. The average Bonchev–Trinajstić information content (AvgIpc) is 2.43. The van der Waals surface area contributed by atoms with Gasteiger partial charge in [0.25, 0.3) is 0 Å². The number of nitrogens with zero attached hydrogens (tertiary/aromatic N) is 1. The Morgan fingerprint density at radius 1 is 1.07 bits per heavy atom. The van der Waals surface area contributed by atoms with Crippen LogP contribution in [0.2, 0.25) is 0 Å². The summed E-state index contributed by atoms with van der Waals surface area (Å²) in [5.74, 6) is 0. The van der Waals surface area contributed by atoms with Crippen molar-refractivity contribution in [1.29, 1.82) is 0 Å². The third-order valence-corrected chi connectivity index (χ3v) is 4.74. The molecular weight excluding hydrogens is 204 g/mol. The average molecular weight is 228 g/mol. The summed E-state index contributed by atoms with van der Waals surface area (Å²) in [4.78, 5) is 2.75. The zero-order valence-electron chi connectivity index (χ0n) is 10.0. The lowest BCUT2D eigenvalue weighted by Gasteiger charge is -2.39. The first-order valence-electron chi connectivity index (χ1n) is 6.36. The molecule has 15 heavy (non-hydrogen) atoms. The molecular formula is C12H24N2S. The predicted octanol–water partition coefficient (Wildman–Crippen LogP) is 1.95. The van der Waals surface area contributed by atoms with Gasteiger partial charge in [0.2, 0.25) is 0 Å². The highest BCUT2D eigenvalue weighted by atomic mass is 32.2. The predicted molar refractivity (Wildman–Crippen MR) is 68.6 cm³/mol. The Morgan fingerprint density at radius 3 is 2.53 bits per heavy atom. The quantitative estimate of drug-likeness (QED) is 0.738. The van der Waals surface area contributed by atoms with Crippen molar-refractivity contribution in [3.63, 3.8) is 0 Å². The maximum absolute atomic E-state index is 3.51. The second-order valence-corrected chi connectivity index (χ2v) is 6.93. The number of rotatable bonds is 1. The molecule has 2 nitrogen and oxygen atoms in total. The molecule has 3 atom stereocenters. The fourth-order valence-corrected chi connectivity index (χ4v) is 4.23. The third kappa shape index (κ3) is 3.36. The molecule has 0 bridgehead atoms. The Morgan fingerprint density at radius 2 is 1.80 bits per heavy atom. The molecule has 0 radical (unpaired) electrons. The summed E-state index contributed by atoms with van der Waals surface area (Å²) in [7, 11) is 0. The van der Waals surface area contributed by atoms with Crippen LogP contribution in [0, 0.1) is 0 Å². The van der Waals surface area contributed by atoms with E-state index >= 15 is 0 Å². The molecule has 2 aliphatic rings. The molecule has 2 aliphatic heterocycles. The zero-order valence-corrected chi connectivity index (χ0v) is 10.9. The van der Waals surface area contributed by atoms with Crippen LogP contribution >= 0.6 is 11.8 Å². The Hall–Kier alpha value is 0.270. The molecule has 0 amide bonds. The van der Waals surface area contributed by atoms with Crippen LogP contribution in [-0.4, -0.2) is 47.6 Å². The van der Waals surface area contributed by atoms with E-state index in [1.807, 2.05) is 0 Å². The molecule has 0 aliphatic carbocycles.